The second-order valence-electron chi connectivity index (χ2n) is 3.96. The Bertz CT molecular complexity index is 336. The molecule has 0 aliphatic carbocycles. The second kappa shape index (κ2) is 6.26. The first-order valence-corrected chi connectivity index (χ1v) is 6.36. The Kier molecular flexibility index (Phi) is 5.29. The van der Waals surface area contributed by atoms with Gasteiger partial charge in [0, 0.05) is 18.4 Å². The number of nitrogens with zero attached hydrogens (tertiary/aromatic N) is 2. The number of hydrogen-bond donors (Lipinski definition) is 0. The molecule has 0 spiro atoms. The van der Waals surface area contributed by atoms with E-state index in [4.69, 9.17) is 16.3 Å². The summed E-state index contributed by atoms with van der Waals surface area (Å²) in [5.74, 6) is 0.548. The average Bonchev–Trinajstić information content (AvgIpc) is 2.66. The predicted molar refractivity (Wildman–Crippen MR) is 67.1 cm³/mol. The Morgan fingerprint density at radius 3 is 2.50 bits per heavy atom. The zero-order valence-corrected chi connectivity index (χ0v) is 11.3. The highest BCUT2D eigenvalue weighted by molar-refractivity contribution is 6.17. The molecular weight excluding hydrogens is 224 g/mol. The van der Waals surface area contributed by atoms with Gasteiger partial charge in [0.25, 0.3) is 0 Å². The third kappa shape index (κ3) is 2.58. The van der Waals surface area contributed by atoms with E-state index in [1.807, 2.05) is 0 Å². The Morgan fingerprint density at radius 2 is 2.06 bits per heavy atom. The first-order chi connectivity index (χ1) is 7.69. The lowest BCUT2D eigenvalue weighted by atomic mass is 10.1. The molecule has 4 heteroatoms. The number of alkyl halides is 1. The maximum Gasteiger partial charge on any atom is 0.0727 e. The molecular formula is C12H21ClN2O. The first kappa shape index (κ1) is 13.5. The minimum atomic E-state index is 0.266. The largest absolute Gasteiger partial charge is 0.382 e. The van der Waals surface area contributed by atoms with Crippen LogP contribution in [0.3, 0.4) is 0 Å². The van der Waals surface area contributed by atoms with Crippen molar-refractivity contribution in [3.05, 3.63) is 17.0 Å². The van der Waals surface area contributed by atoms with Crippen molar-refractivity contribution in [3.8, 4) is 0 Å². The van der Waals surface area contributed by atoms with Crippen LogP contribution in [0, 0.1) is 0 Å². The molecule has 0 saturated heterocycles. The third-order valence-electron chi connectivity index (χ3n) is 2.83. The van der Waals surface area contributed by atoms with E-state index in [1.165, 1.54) is 11.3 Å². The number of methoxy groups -OCH3 is 1. The average molecular weight is 245 g/mol. The fourth-order valence-corrected chi connectivity index (χ4v) is 2.35. The smallest absolute Gasteiger partial charge is 0.0727 e. The lowest BCUT2D eigenvalue weighted by Gasteiger charge is -2.14. The SMILES string of the molecule is CCc1nn(C(C)COC)c(CC)c1CCl. The molecule has 0 aliphatic heterocycles. The fraction of sp³-hybridized carbons (Fsp3) is 0.750. The van der Waals surface area contributed by atoms with E-state index < -0.39 is 0 Å². The zero-order valence-electron chi connectivity index (χ0n) is 10.6. The number of rotatable bonds is 6. The molecule has 0 aromatic carbocycles. The summed E-state index contributed by atoms with van der Waals surface area (Å²) in [5, 5.41) is 4.64. The van der Waals surface area contributed by atoms with Crippen LogP contribution in [-0.4, -0.2) is 23.5 Å². The molecule has 3 nitrogen and oxygen atoms in total. The van der Waals surface area contributed by atoms with E-state index in [0.29, 0.717) is 12.5 Å². The lowest BCUT2D eigenvalue weighted by molar-refractivity contribution is 0.155. The second-order valence-corrected chi connectivity index (χ2v) is 4.23. The Balaban J connectivity index is 3.12. The Morgan fingerprint density at radius 1 is 1.38 bits per heavy atom. The summed E-state index contributed by atoms with van der Waals surface area (Å²) in [6.45, 7) is 7.05. The Labute approximate surface area is 103 Å². The first-order valence-electron chi connectivity index (χ1n) is 5.83. The van der Waals surface area contributed by atoms with Crippen molar-refractivity contribution in [2.75, 3.05) is 13.7 Å². The number of aryl methyl sites for hydroxylation is 1. The van der Waals surface area contributed by atoms with Gasteiger partial charge in [-0.05, 0) is 19.8 Å². The molecule has 0 amide bonds. The summed E-state index contributed by atoms with van der Waals surface area (Å²) >= 11 is 6.01. The van der Waals surface area contributed by atoms with Gasteiger partial charge in [-0.15, -0.1) is 11.6 Å². The summed E-state index contributed by atoms with van der Waals surface area (Å²) in [4.78, 5) is 0. The molecule has 1 unspecified atom stereocenters. The maximum atomic E-state index is 6.01. The summed E-state index contributed by atoms with van der Waals surface area (Å²) in [6, 6.07) is 0.266. The number of hydrogen-bond acceptors (Lipinski definition) is 2. The van der Waals surface area contributed by atoms with E-state index >= 15 is 0 Å². The summed E-state index contributed by atoms with van der Waals surface area (Å²) in [7, 11) is 1.72. The monoisotopic (exact) mass is 244 g/mol. The number of halogens is 1. The number of aromatic nitrogens is 2. The van der Waals surface area contributed by atoms with Gasteiger partial charge in [-0.1, -0.05) is 13.8 Å². The van der Waals surface area contributed by atoms with Gasteiger partial charge in [-0.3, -0.25) is 4.68 Å². The molecule has 0 fully saturated rings. The van der Waals surface area contributed by atoms with Gasteiger partial charge >= 0.3 is 0 Å². The van der Waals surface area contributed by atoms with Gasteiger partial charge in [0.2, 0.25) is 0 Å². The maximum absolute atomic E-state index is 6.01. The van der Waals surface area contributed by atoms with E-state index in [2.05, 4.69) is 30.6 Å². The molecule has 1 aromatic rings. The van der Waals surface area contributed by atoms with Crippen LogP contribution in [-0.2, 0) is 23.5 Å². The van der Waals surface area contributed by atoms with Crippen molar-refractivity contribution in [3.63, 3.8) is 0 Å². The van der Waals surface area contributed by atoms with Crippen LogP contribution >= 0.6 is 11.6 Å². The highest BCUT2D eigenvalue weighted by Gasteiger charge is 2.17. The van der Waals surface area contributed by atoms with Crippen molar-refractivity contribution in [1.29, 1.82) is 0 Å². The van der Waals surface area contributed by atoms with Crippen molar-refractivity contribution in [1.82, 2.24) is 9.78 Å². The van der Waals surface area contributed by atoms with E-state index in [1.54, 1.807) is 7.11 Å². The van der Waals surface area contributed by atoms with Gasteiger partial charge in [-0.25, -0.2) is 0 Å². The summed E-state index contributed by atoms with van der Waals surface area (Å²) in [5.41, 5.74) is 3.57. The molecule has 1 rings (SSSR count). The summed E-state index contributed by atoms with van der Waals surface area (Å²) in [6.07, 6.45) is 1.89. The minimum Gasteiger partial charge on any atom is -0.382 e. The van der Waals surface area contributed by atoms with E-state index in [0.717, 1.165) is 18.5 Å². The molecule has 1 aromatic heterocycles. The molecule has 0 aliphatic rings. The highest BCUT2D eigenvalue weighted by Crippen LogP contribution is 2.21. The molecule has 0 radical (unpaired) electrons. The van der Waals surface area contributed by atoms with E-state index in [9.17, 15) is 0 Å². The third-order valence-corrected chi connectivity index (χ3v) is 3.10. The van der Waals surface area contributed by atoms with E-state index in [-0.39, 0.29) is 6.04 Å². The molecule has 92 valence electrons. The topological polar surface area (TPSA) is 27.1 Å². The molecule has 0 saturated carbocycles. The summed E-state index contributed by atoms with van der Waals surface area (Å²) < 4.78 is 7.25. The number of ether oxygens (including phenoxy) is 1. The van der Waals surface area contributed by atoms with Gasteiger partial charge in [-0.2, -0.15) is 5.10 Å². The van der Waals surface area contributed by atoms with Crippen LogP contribution in [0.4, 0.5) is 0 Å². The standard InChI is InChI=1S/C12H21ClN2O/c1-5-11-10(7-13)12(6-2)15(14-11)9(3)8-16-4/h9H,5-8H2,1-4H3. The highest BCUT2D eigenvalue weighted by atomic mass is 35.5. The predicted octanol–water partition coefficient (Wildman–Crippen LogP) is 2.95. The van der Waals surface area contributed by atoms with Gasteiger partial charge < -0.3 is 4.74 Å². The van der Waals surface area contributed by atoms with Crippen LogP contribution in [0.1, 0.15) is 43.8 Å². The molecule has 16 heavy (non-hydrogen) atoms. The molecule has 1 atom stereocenters. The van der Waals surface area contributed by atoms with Gasteiger partial charge in [0.05, 0.1) is 24.2 Å². The van der Waals surface area contributed by atoms with Crippen LogP contribution in [0.25, 0.3) is 0 Å². The van der Waals surface area contributed by atoms with Gasteiger partial charge in [0.15, 0.2) is 0 Å². The van der Waals surface area contributed by atoms with Gasteiger partial charge in [0.1, 0.15) is 0 Å². The minimum absolute atomic E-state index is 0.266. The molecule has 0 bridgehead atoms. The molecule has 1 heterocycles. The van der Waals surface area contributed by atoms with Crippen LogP contribution in [0.5, 0.6) is 0 Å². The lowest BCUT2D eigenvalue weighted by Crippen LogP contribution is -2.15. The zero-order chi connectivity index (χ0) is 12.1. The van der Waals surface area contributed by atoms with Crippen molar-refractivity contribution in [2.45, 2.75) is 45.5 Å². The normalized spacial score (nSPS) is 13.1. The van der Waals surface area contributed by atoms with Crippen molar-refractivity contribution in [2.24, 2.45) is 0 Å². The van der Waals surface area contributed by atoms with Crippen LogP contribution in [0.15, 0.2) is 0 Å². The quantitative estimate of drug-likeness (QED) is 0.720. The van der Waals surface area contributed by atoms with Crippen LogP contribution in [0.2, 0.25) is 0 Å². The Hall–Kier alpha value is -0.540. The van der Waals surface area contributed by atoms with Crippen molar-refractivity contribution < 1.29 is 4.74 Å². The molecule has 0 N–H and O–H groups in total. The van der Waals surface area contributed by atoms with Crippen molar-refractivity contribution >= 4 is 11.6 Å². The fourth-order valence-electron chi connectivity index (χ4n) is 2.05. The van der Waals surface area contributed by atoms with Crippen LogP contribution < -0.4 is 0 Å².